The molecule has 6 heteroatoms. The fourth-order valence-corrected chi connectivity index (χ4v) is 2.76. The lowest BCUT2D eigenvalue weighted by Crippen LogP contribution is -2.32. The number of fused-ring (bicyclic) bond motifs is 1. The van der Waals surface area contributed by atoms with Gasteiger partial charge >= 0.3 is 0 Å². The van der Waals surface area contributed by atoms with Gasteiger partial charge in [-0.2, -0.15) is 0 Å². The highest BCUT2D eigenvalue weighted by atomic mass is 16.5. The minimum atomic E-state index is 0.569. The van der Waals surface area contributed by atoms with Gasteiger partial charge < -0.3 is 9.64 Å². The first-order valence-corrected chi connectivity index (χ1v) is 7.30. The number of hydrogen-bond donors (Lipinski definition) is 0. The van der Waals surface area contributed by atoms with Crippen LogP contribution in [0, 0.1) is 0 Å². The maximum absolute atomic E-state index is 5.36. The normalized spacial score (nSPS) is 17.5. The molecule has 1 saturated carbocycles. The molecule has 3 heterocycles. The Morgan fingerprint density at radius 1 is 1.24 bits per heavy atom. The van der Waals surface area contributed by atoms with Crippen LogP contribution in [0.5, 0.6) is 5.88 Å². The van der Waals surface area contributed by atoms with Gasteiger partial charge in [0.05, 0.1) is 24.9 Å². The van der Waals surface area contributed by atoms with Crippen molar-refractivity contribution >= 4 is 5.82 Å². The summed E-state index contributed by atoms with van der Waals surface area (Å²) in [6, 6.07) is 1.98. The zero-order valence-corrected chi connectivity index (χ0v) is 12.0. The molecule has 1 aliphatic heterocycles. The van der Waals surface area contributed by atoms with E-state index in [4.69, 9.17) is 9.72 Å². The summed E-state index contributed by atoms with van der Waals surface area (Å²) in [5.74, 6) is 3.21. The predicted octanol–water partition coefficient (Wildman–Crippen LogP) is 1.72. The molecule has 0 spiro atoms. The van der Waals surface area contributed by atoms with Gasteiger partial charge in [-0.05, 0) is 18.9 Å². The number of anilines is 1. The summed E-state index contributed by atoms with van der Waals surface area (Å²) in [5.41, 5.74) is 2.15. The Morgan fingerprint density at radius 3 is 2.95 bits per heavy atom. The summed E-state index contributed by atoms with van der Waals surface area (Å²) in [4.78, 5) is 19.9. The minimum Gasteiger partial charge on any atom is -0.481 e. The standard InChI is InChI=1S/C15H17N5O/c1-21-15-11-8-20(7-5-12(11)17-9-18-15)13-4-6-16-14(19-13)10-2-3-10/h4,6,9-10H,2-3,5,7-8H2,1H3. The van der Waals surface area contributed by atoms with Gasteiger partial charge in [-0.25, -0.2) is 19.9 Å². The molecule has 6 nitrogen and oxygen atoms in total. The van der Waals surface area contributed by atoms with Crippen molar-refractivity contribution in [2.24, 2.45) is 0 Å². The largest absolute Gasteiger partial charge is 0.481 e. The second kappa shape index (κ2) is 4.95. The van der Waals surface area contributed by atoms with Crippen molar-refractivity contribution in [2.45, 2.75) is 31.7 Å². The summed E-state index contributed by atoms with van der Waals surface area (Å²) >= 11 is 0. The highest BCUT2D eigenvalue weighted by Gasteiger charge is 2.28. The molecule has 1 fully saturated rings. The Hall–Kier alpha value is -2.24. The van der Waals surface area contributed by atoms with Crippen molar-refractivity contribution in [3.05, 3.63) is 35.7 Å². The molecule has 0 bridgehead atoms. The lowest BCUT2D eigenvalue weighted by molar-refractivity contribution is 0.387. The molecule has 4 rings (SSSR count). The number of aromatic nitrogens is 4. The first kappa shape index (κ1) is 12.5. The molecule has 0 amide bonds. The fraction of sp³-hybridized carbons (Fsp3) is 0.467. The van der Waals surface area contributed by atoms with Gasteiger partial charge in [0.15, 0.2) is 0 Å². The van der Waals surface area contributed by atoms with Crippen LogP contribution in [0.4, 0.5) is 5.82 Å². The molecule has 108 valence electrons. The average molecular weight is 283 g/mol. The summed E-state index contributed by atoms with van der Waals surface area (Å²) in [6.45, 7) is 1.65. The van der Waals surface area contributed by atoms with Crippen molar-refractivity contribution in [1.82, 2.24) is 19.9 Å². The van der Waals surface area contributed by atoms with Crippen LogP contribution in [0.3, 0.4) is 0 Å². The van der Waals surface area contributed by atoms with E-state index in [1.54, 1.807) is 13.4 Å². The van der Waals surface area contributed by atoms with Crippen LogP contribution >= 0.6 is 0 Å². The molecule has 2 aromatic heterocycles. The highest BCUT2D eigenvalue weighted by molar-refractivity contribution is 5.44. The molecule has 2 aliphatic rings. The van der Waals surface area contributed by atoms with Crippen LogP contribution in [0.2, 0.25) is 0 Å². The first-order valence-electron chi connectivity index (χ1n) is 7.30. The first-order chi connectivity index (χ1) is 10.3. The quantitative estimate of drug-likeness (QED) is 0.854. The van der Waals surface area contributed by atoms with E-state index in [2.05, 4.69) is 19.9 Å². The summed E-state index contributed by atoms with van der Waals surface area (Å²) in [5, 5.41) is 0. The van der Waals surface area contributed by atoms with E-state index in [9.17, 15) is 0 Å². The number of rotatable bonds is 3. The van der Waals surface area contributed by atoms with Gasteiger partial charge in [0, 0.05) is 25.1 Å². The minimum absolute atomic E-state index is 0.569. The molecule has 1 aliphatic carbocycles. The van der Waals surface area contributed by atoms with Crippen LogP contribution in [0.15, 0.2) is 18.6 Å². The molecule has 0 atom stereocenters. The van der Waals surface area contributed by atoms with Crippen molar-refractivity contribution in [3.8, 4) is 5.88 Å². The van der Waals surface area contributed by atoms with E-state index in [1.165, 1.54) is 12.8 Å². The Labute approximate surface area is 123 Å². The number of methoxy groups -OCH3 is 1. The monoisotopic (exact) mass is 283 g/mol. The molecule has 21 heavy (non-hydrogen) atoms. The topological polar surface area (TPSA) is 64.0 Å². The Kier molecular flexibility index (Phi) is 2.94. The number of nitrogens with zero attached hydrogens (tertiary/aromatic N) is 5. The second-order valence-corrected chi connectivity index (χ2v) is 5.53. The molecule has 0 saturated heterocycles. The van der Waals surface area contributed by atoms with Crippen molar-refractivity contribution in [2.75, 3.05) is 18.6 Å². The second-order valence-electron chi connectivity index (χ2n) is 5.53. The molecule has 0 unspecified atom stereocenters. The van der Waals surface area contributed by atoms with Crippen LogP contribution in [-0.4, -0.2) is 33.6 Å². The molecular formula is C15H17N5O. The van der Waals surface area contributed by atoms with Crippen LogP contribution < -0.4 is 9.64 Å². The Bertz CT molecular complexity index is 657. The predicted molar refractivity (Wildman–Crippen MR) is 77.3 cm³/mol. The number of ether oxygens (including phenoxy) is 1. The summed E-state index contributed by atoms with van der Waals surface area (Å²) in [6.07, 6.45) is 6.76. The highest BCUT2D eigenvalue weighted by Crippen LogP contribution is 2.38. The zero-order chi connectivity index (χ0) is 14.2. The van der Waals surface area contributed by atoms with Gasteiger partial charge in [0.2, 0.25) is 5.88 Å². The third kappa shape index (κ3) is 2.30. The molecule has 0 radical (unpaired) electrons. The smallest absolute Gasteiger partial charge is 0.221 e. The van der Waals surface area contributed by atoms with Gasteiger partial charge in [0.1, 0.15) is 18.0 Å². The van der Waals surface area contributed by atoms with E-state index < -0.39 is 0 Å². The number of hydrogen-bond acceptors (Lipinski definition) is 6. The Balaban J connectivity index is 1.64. The molecule has 0 aromatic carbocycles. The SMILES string of the molecule is COc1ncnc2c1CN(c1ccnc(C3CC3)n1)CC2. The maximum atomic E-state index is 5.36. The summed E-state index contributed by atoms with van der Waals surface area (Å²) < 4.78 is 5.36. The van der Waals surface area contributed by atoms with Gasteiger partial charge in [-0.15, -0.1) is 0 Å². The van der Waals surface area contributed by atoms with Gasteiger partial charge in [-0.1, -0.05) is 0 Å². The average Bonchev–Trinajstić information content (AvgIpc) is 3.39. The molecular weight excluding hydrogens is 266 g/mol. The maximum Gasteiger partial charge on any atom is 0.221 e. The van der Waals surface area contributed by atoms with E-state index >= 15 is 0 Å². The third-order valence-electron chi connectivity index (χ3n) is 4.08. The molecule has 0 N–H and O–H groups in total. The van der Waals surface area contributed by atoms with E-state index in [0.717, 1.165) is 42.4 Å². The van der Waals surface area contributed by atoms with Gasteiger partial charge in [0.25, 0.3) is 0 Å². The zero-order valence-electron chi connectivity index (χ0n) is 12.0. The lowest BCUT2D eigenvalue weighted by Gasteiger charge is -2.29. The van der Waals surface area contributed by atoms with Crippen molar-refractivity contribution in [1.29, 1.82) is 0 Å². The molecule has 2 aromatic rings. The third-order valence-corrected chi connectivity index (χ3v) is 4.08. The van der Waals surface area contributed by atoms with Crippen molar-refractivity contribution in [3.63, 3.8) is 0 Å². The lowest BCUT2D eigenvalue weighted by atomic mass is 10.1. The fourth-order valence-electron chi connectivity index (χ4n) is 2.76. The van der Waals surface area contributed by atoms with Crippen molar-refractivity contribution < 1.29 is 4.74 Å². The van der Waals surface area contributed by atoms with Gasteiger partial charge in [-0.3, -0.25) is 0 Å². The van der Waals surface area contributed by atoms with Crippen LogP contribution in [0.25, 0.3) is 0 Å². The van der Waals surface area contributed by atoms with E-state index in [0.29, 0.717) is 11.8 Å². The van der Waals surface area contributed by atoms with E-state index in [-0.39, 0.29) is 0 Å². The van der Waals surface area contributed by atoms with Crippen LogP contribution in [-0.2, 0) is 13.0 Å². The summed E-state index contributed by atoms with van der Waals surface area (Å²) in [7, 11) is 1.65. The van der Waals surface area contributed by atoms with E-state index in [1.807, 2.05) is 12.3 Å². The Morgan fingerprint density at radius 2 is 2.14 bits per heavy atom. The van der Waals surface area contributed by atoms with Crippen LogP contribution in [0.1, 0.15) is 35.8 Å².